The van der Waals surface area contributed by atoms with Gasteiger partial charge in [0.25, 0.3) is 5.91 Å². The summed E-state index contributed by atoms with van der Waals surface area (Å²) < 4.78 is 5.24. The minimum atomic E-state index is -1.82. The van der Waals surface area contributed by atoms with Crippen LogP contribution in [0.2, 0.25) is 0 Å². The highest BCUT2D eigenvalue weighted by molar-refractivity contribution is 6.27. The Kier molecular flexibility index (Phi) is 8.41. The lowest BCUT2D eigenvalue weighted by Gasteiger charge is -2.42. The normalized spacial score (nSPS) is 17.9. The van der Waals surface area contributed by atoms with Crippen LogP contribution in [0.3, 0.4) is 0 Å². The van der Waals surface area contributed by atoms with Crippen LogP contribution >= 0.6 is 0 Å². The number of nitrogens with zero attached hydrogens (tertiary/aromatic N) is 3. The molecule has 0 atom stereocenters. The largest absolute Gasteiger partial charge is 0.473 e. The smallest absolute Gasteiger partial charge is 0.414 e. The Morgan fingerprint density at radius 1 is 0.844 bits per heavy atom. The Balaban J connectivity index is 0.000000427. The van der Waals surface area contributed by atoms with Gasteiger partial charge in [-0.15, -0.1) is 0 Å². The molecule has 0 spiro atoms. The Hall–Kier alpha value is -3.17. The highest BCUT2D eigenvalue weighted by Crippen LogP contribution is 2.20. The van der Waals surface area contributed by atoms with E-state index in [1.54, 1.807) is 18.4 Å². The number of rotatable bonds is 4. The molecule has 2 N–H and O–H groups in total. The van der Waals surface area contributed by atoms with Gasteiger partial charge in [0.2, 0.25) is 0 Å². The van der Waals surface area contributed by atoms with Crippen LogP contribution in [0.4, 0.5) is 0 Å². The van der Waals surface area contributed by atoms with E-state index < -0.39 is 11.9 Å². The van der Waals surface area contributed by atoms with Gasteiger partial charge in [0.05, 0.1) is 6.26 Å². The third kappa shape index (κ3) is 6.66. The Bertz CT molecular complexity index is 858. The molecule has 1 aromatic carbocycles. The van der Waals surface area contributed by atoms with Gasteiger partial charge in [-0.3, -0.25) is 14.6 Å². The van der Waals surface area contributed by atoms with Crippen LogP contribution in [-0.2, 0) is 16.1 Å². The number of amides is 1. The third-order valence-electron chi connectivity index (χ3n) is 5.84. The summed E-state index contributed by atoms with van der Waals surface area (Å²) in [6.45, 7) is 6.90. The molecule has 0 aliphatic carbocycles. The number of hydrogen-bond acceptors (Lipinski definition) is 6. The molecule has 2 fully saturated rings. The highest BCUT2D eigenvalue weighted by Gasteiger charge is 2.29. The number of likely N-dealkylation sites (tertiary alicyclic amines) is 1. The second-order valence-electron chi connectivity index (χ2n) is 7.91. The number of benzene rings is 1. The maximum atomic E-state index is 12.4. The SMILES string of the molecule is O=C(O)C(=O)O.O=C(c1ccco1)N1CCN(C2CCN(Cc3ccccc3)CC2)CC1. The van der Waals surface area contributed by atoms with Gasteiger partial charge in [-0.25, -0.2) is 9.59 Å². The lowest BCUT2D eigenvalue weighted by molar-refractivity contribution is -0.159. The minimum Gasteiger partial charge on any atom is -0.473 e. The van der Waals surface area contributed by atoms with Crippen molar-refractivity contribution in [2.75, 3.05) is 39.3 Å². The molecule has 2 aliphatic rings. The molecule has 172 valence electrons. The number of carbonyl (C=O) groups is 3. The van der Waals surface area contributed by atoms with Crippen molar-refractivity contribution in [2.45, 2.75) is 25.4 Å². The van der Waals surface area contributed by atoms with Crippen LogP contribution in [0, 0.1) is 0 Å². The van der Waals surface area contributed by atoms with Crippen molar-refractivity contribution in [3.05, 3.63) is 60.1 Å². The van der Waals surface area contributed by atoms with Gasteiger partial charge in [0, 0.05) is 38.8 Å². The first-order valence-corrected chi connectivity index (χ1v) is 10.7. The first-order chi connectivity index (χ1) is 15.4. The summed E-state index contributed by atoms with van der Waals surface area (Å²) in [5.41, 5.74) is 1.40. The fraction of sp³-hybridized carbons (Fsp3) is 0.435. The zero-order chi connectivity index (χ0) is 22.9. The summed E-state index contributed by atoms with van der Waals surface area (Å²) in [5.74, 6) is -3.18. The molecule has 9 nitrogen and oxygen atoms in total. The van der Waals surface area contributed by atoms with Crippen LogP contribution in [-0.4, -0.2) is 88.1 Å². The van der Waals surface area contributed by atoms with E-state index in [0.29, 0.717) is 11.8 Å². The summed E-state index contributed by atoms with van der Waals surface area (Å²) in [4.78, 5) is 37.6. The van der Waals surface area contributed by atoms with Crippen molar-refractivity contribution in [3.8, 4) is 0 Å². The first-order valence-electron chi connectivity index (χ1n) is 10.7. The lowest BCUT2D eigenvalue weighted by Crippen LogP contribution is -2.54. The van der Waals surface area contributed by atoms with Crippen LogP contribution in [0.15, 0.2) is 53.1 Å². The molecule has 2 aromatic rings. The average molecular weight is 444 g/mol. The molecule has 32 heavy (non-hydrogen) atoms. The number of furan rings is 1. The van der Waals surface area contributed by atoms with Crippen molar-refractivity contribution in [2.24, 2.45) is 0 Å². The number of carboxylic acid groups (broad SMARTS) is 2. The van der Waals surface area contributed by atoms with Crippen molar-refractivity contribution in [1.82, 2.24) is 14.7 Å². The van der Waals surface area contributed by atoms with E-state index in [-0.39, 0.29) is 5.91 Å². The van der Waals surface area contributed by atoms with Crippen LogP contribution < -0.4 is 0 Å². The van der Waals surface area contributed by atoms with Gasteiger partial charge < -0.3 is 19.5 Å². The fourth-order valence-corrected chi connectivity index (χ4v) is 4.13. The topological polar surface area (TPSA) is 115 Å². The summed E-state index contributed by atoms with van der Waals surface area (Å²) in [6, 6.07) is 14.9. The Labute approximate surface area is 186 Å². The predicted octanol–water partition coefficient (Wildman–Crippen LogP) is 1.86. The second-order valence-corrected chi connectivity index (χ2v) is 7.91. The quantitative estimate of drug-likeness (QED) is 0.689. The molecule has 0 saturated carbocycles. The second kappa shape index (κ2) is 11.4. The van der Waals surface area contributed by atoms with Crippen LogP contribution in [0.25, 0.3) is 0 Å². The molecule has 3 heterocycles. The lowest BCUT2D eigenvalue weighted by atomic mass is 10.0. The summed E-state index contributed by atoms with van der Waals surface area (Å²) in [7, 11) is 0. The molecule has 0 radical (unpaired) electrons. The van der Waals surface area contributed by atoms with Crippen LogP contribution in [0.5, 0.6) is 0 Å². The molecular weight excluding hydrogens is 414 g/mol. The summed E-state index contributed by atoms with van der Waals surface area (Å²) >= 11 is 0. The number of carboxylic acids is 2. The summed E-state index contributed by atoms with van der Waals surface area (Å²) in [5, 5.41) is 14.8. The van der Waals surface area contributed by atoms with Crippen molar-refractivity contribution >= 4 is 17.8 Å². The molecule has 9 heteroatoms. The maximum Gasteiger partial charge on any atom is 0.414 e. The van der Waals surface area contributed by atoms with Gasteiger partial charge in [-0.05, 0) is 43.6 Å². The number of piperazine rings is 1. The van der Waals surface area contributed by atoms with E-state index >= 15 is 0 Å². The zero-order valence-corrected chi connectivity index (χ0v) is 17.9. The van der Waals surface area contributed by atoms with Crippen molar-refractivity contribution in [1.29, 1.82) is 0 Å². The van der Waals surface area contributed by atoms with E-state index in [1.165, 1.54) is 18.4 Å². The van der Waals surface area contributed by atoms with Gasteiger partial charge in [0.15, 0.2) is 5.76 Å². The van der Waals surface area contributed by atoms with Gasteiger partial charge in [-0.1, -0.05) is 30.3 Å². The molecule has 2 saturated heterocycles. The number of piperidine rings is 1. The molecule has 1 amide bonds. The fourth-order valence-electron chi connectivity index (χ4n) is 4.13. The van der Waals surface area contributed by atoms with E-state index in [9.17, 15) is 4.79 Å². The number of hydrogen-bond donors (Lipinski definition) is 2. The van der Waals surface area contributed by atoms with E-state index in [4.69, 9.17) is 24.2 Å². The number of aliphatic carboxylic acids is 2. The minimum absolute atomic E-state index is 0.0207. The molecular formula is C23H29N3O6. The van der Waals surface area contributed by atoms with E-state index in [1.807, 2.05) is 4.90 Å². The van der Waals surface area contributed by atoms with Crippen molar-refractivity contribution < 1.29 is 29.0 Å². The molecule has 4 rings (SSSR count). The molecule has 0 unspecified atom stereocenters. The molecule has 1 aromatic heterocycles. The maximum absolute atomic E-state index is 12.4. The van der Waals surface area contributed by atoms with E-state index in [2.05, 4.69) is 40.1 Å². The summed E-state index contributed by atoms with van der Waals surface area (Å²) in [6.07, 6.45) is 4.00. The Morgan fingerprint density at radius 2 is 1.47 bits per heavy atom. The van der Waals surface area contributed by atoms with Gasteiger partial charge >= 0.3 is 11.9 Å². The average Bonchev–Trinajstić information content (AvgIpc) is 3.35. The first kappa shape index (κ1) is 23.5. The predicted molar refractivity (Wildman–Crippen MR) is 116 cm³/mol. The molecule has 2 aliphatic heterocycles. The Morgan fingerprint density at radius 3 is 2.00 bits per heavy atom. The van der Waals surface area contributed by atoms with E-state index in [0.717, 1.165) is 45.8 Å². The van der Waals surface area contributed by atoms with Gasteiger partial charge in [-0.2, -0.15) is 0 Å². The monoisotopic (exact) mass is 443 g/mol. The molecule has 0 bridgehead atoms. The number of carbonyl (C=O) groups excluding carboxylic acids is 1. The highest BCUT2D eigenvalue weighted by atomic mass is 16.4. The standard InChI is InChI=1S/C21H27N3O2.C2H2O4/c25-21(20-7-4-16-26-20)24-14-12-23(13-15-24)19-8-10-22(11-9-19)17-18-5-2-1-3-6-18;3-1(4)2(5)6/h1-7,16,19H,8-15,17H2;(H,3,4)(H,5,6). The van der Waals surface area contributed by atoms with Crippen molar-refractivity contribution in [3.63, 3.8) is 0 Å². The van der Waals surface area contributed by atoms with Gasteiger partial charge in [0.1, 0.15) is 0 Å². The van der Waals surface area contributed by atoms with Crippen LogP contribution in [0.1, 0.15) is 29.0 Å². The zero-order valence-electron chi connectivity index (χ0n) is 17.9. The third-order valence-corrected chi connectivity index (χ3v) is 5.84.